The molecule has 0 aliphatic carbocycles. The Hall–Kier alpha value is -3.47. The van der Waals surface area contributed by atoms with Gasteiger partial charge in [0, 0.05) is 17.2 Å². The normalized spacial score (nSPS) is 10.9. The molecule has 0 aliphatic heterocycles. The van der Waals surface area contributed by atoms with E-state index in [1.54, 1.807) is 18.2 Å². The van der Waals surface area contributed by atoms with Gasteiger partial charge in [-0.3, -0.25) is 9.10 Å². The van der Waals surface area contributed by atoms with Crippen molar-refractivity contribution in [3.05, 3.63) is 76.3 Å². The van der Waals surface area contributed by atoms with Crippen LogP contribution in [-0.4, -0.2) is 48.2 Å². The van der Waals surface area contributed by atoms with Crippen LogP contribution in [0.4, 0.5) is 11.4 Å². The molecule has 190 valence electrons. The van der Waals surface area contributed by atoms with Gasteiger partial charge in [0.05, 0.1) is 48.2 Å². The fourth-order valence-corrected chi connectivity index (χ4v) is 5.31. The number of halogens is 2. The van der Waals surface area contributed by atoms with Crippen molar-refractivity contribution >= 4 is 56.5 Å². The Morgan fingerprint density at radius 1 is 0.917 bits per heavy atom. The first-order chi connectivity index (χ1) is 17.1. The molecule has 3 aromatic rings. The predicted molar refractivity (Wildman–Crippen MR) is 137 cm³/mol. The second kappa shape index (κ2) is 11.5. The average Bonchev–Trinajstić information content (AvgIpc) is 2.87. The molecule has 0 fully saturated rings. The van der Waals surface area contributed by atoms with Gasteiger partial charge in [-0.15, -0.1) is 0 Å². The van der Waals surface area contributed by atoms with Gasteiger partial charge in [-0.1, -0.05) is 41.4 Å². The lowest BCUT2D eigenvalue weighted by molar-refractivity contribution is -0.114. The Morgan fingerprint density at radius 2 is 1.56 bits per heavy atom. The summed E-state index contributed by atoms with van der Waals surface area (Å²) in [7, 11) is -0.266. The van der Waals surface area contributed by atoms with Crippen LogP contribution < -0.4 is 19.1 Å². The molecule has 0 spiro atoms. The van der Waals surface area contributed by atoms with Crippen LogP contribution in [0.15, 0.2) is 65.6 Å². The lowest BCUT2D eigenvalue weighted by atomic mass is 10.1. The first-order valence-corrected chi connectivity index (χ1v) is 12.5. The molecule has 9 nitrogen and oxygen atoms in total. The topological polar surface area (TPSA) is 111 Å². The zero-order chi connectivity index (χ0) is 26.5. The second-order valence-electron chi connectivity index (χ2n) is 7.21. The van der Waals surface area contributed by atoms with E-state index in [4.69, 9.17) is 37.4 Å². The van der Waals surface area contributed by atoms with Crippen LogP contribution in [0.1, 0.15) is 10.4 Å². The quantitative estimate of drug-likeness (QED) is 0.385. The lowest BCUT2D eigenvalue weighted by Crippen LogP contribution is -2.38. The van der Waals surface area contributed by atoms with Gasteiger partial charge in [0.1, 0.15) is 6.54 Å². The minimum Gasteiger partial charge on any atom is -0.493 e. The summed E-state index contributed by atoms with van der Waals surface area (Å²) in [6.07, 6.45) is 0. The minimum atomic E-state index is -4.22. The third-order valence-electron chi connectivity index (χ3n) is 5.00. The second-order valence-corrected chi connectivity index (χ2v) is 9.92. The maximum absolute atomic E-state index is 13.5. The summed E-state index contributed by atoms with van der Waals surface area (Å²) in [4.78, 5) is 25.5. The fraction of sp³-hybridized carbons (Fsp3) is 0.167. The number of anilines is 2. The van der Waals surface area contributed by atoms with Crippen LogP contribution in [0.25, 0.3) is 0 Å². The number of carbonyl (C=O) groups is 2. The van der Waals surface area contributed by atoms with Gasteiger partial charge in [-0.05, 0) is 30.3 Å². The smallest absolute Gasteiger partial charge is 0.340 e. The summed E-state index contributed by atoms with van der Waals surface area (Å²) in [6.45, 7) is -0.673. The largest absolute Gasteiger partial charge is 0.493 e. The Morgan fingerprint density at radius 3 is 2.14 bits per heavy atom. The maximum atomic E-state index is 13.5. The highest BCUT2D eigenvalue weighted by Gasteiger charge is 2.29. The van der Waals surface area contributed by atoms with Crippen molar-refractivity contribution in [1.29, 1.82) is 0 Å². The molecule has 12 heteroatoms. The minimum absolute atomic E-state index is 0.0227. The van der Waals surface area contributed by atoms with E-state index in [-0.39, 0.29) is 38.4 Å². The van der Waals surface area contributed by atoms with Crippen LogP contribution in [0, 0.1) is 0 Å². The number of nitrogens with zero attached hydrogens (tertiary/aromatic N) is 1. The first-order valence-electron chi connectivity index (χ1n) is 10.3. The molecule has 0 unspecified atom stereocenters. The highest BCUT2D eigenvalue weighted by molar-refractivity contribution is 7.92. The number of sulfonamides is 1. The Labute approximate surface area is 218 Å². The van der Waals surface area contributed by atoms with E-state index in [2.05, 4.69) is 5.32 Å². The van der Waals surface area contributed by atoms with E-state index in [9.17, 15) is 18.0 Å². The van der Waals surface area contributed by atoms with E-state index in [1.807, 2.05) is 0 Å². The number of hydrogen-bond donors (Lipinski definition) is 1. The molecule has 0 bridgehead atoms. The zero-order valence-electron chi connectivity index (χ0n) is 19.4. The van der Waals surface area contributed by atoms with Gasteiger partial charge in [-0.25, -0.2) is 13.2 Å². The molecular weight excluding hydrogens is 531 g/mol. The molecule has 3 rings (SSSR count). The third-order valence-corrected chi connectivity index (χ3v) is 7.31. The van der Waals surface area contributed by atoms with Crippen LogP contribution >= 0.6 is 23.2 Å². The number of benzene rings is 3. The number of amides is 1. The molecule has 0 saturated heterocycles. The van der Waals surface area contributed by atoms with Crippen LogP contribution in [0.5, 0.6) is 11.5 Å². The summed E-state index contributed by atoms with van der Waals surface area (Å²) < 4.78 is 43.1. The molecule has 0 heterocycles. The van der Waals surface area contributed by atoms with Crippen molar-refractivity contribution in [3.63, 3.8) is 0 Å². The molecule has 0 aliphatic rings. The summed E-state index contributed by atoms with van der Waals surface area (Å²) in [5, 5.41) is 2.87. The van der Waals surface area contributed by atoms with Gasteiger partial charge in [0.2, 0.25) is 5.91 Å². The molecule has 0 saturated carbocycles. The Bertz CT molecular complexity index is 1380. The van der Waals surface area contributed by atoms with E-state index in [0.717, 1.165) is 4.31 Å². The molecule has 3 aromatic carbocycles. The molecule has 1 N–H and O–H groups in total. The van der Waals surface area contributed by atoms with Gasteiger partial charge in [-0.2, -0.15) is 0 Å². The molecule has 0 aromatic heterocycles. The molecule has 1 amide bonds. The highest BCUT2D eigenvalue weighted by Crippen LogP contribution is 2.35. The predicted octanol–water partition coefficient (Wildman–Crippen LogP) is 4.63. The van der Waals surface area contributed by atoms with E-state index in [1.165, 1.54) is 63.8 Å². The zero-order valence-corrected chi connectivity index (χ0v) is 21.8. The maximum Gasteiger partial charge on any atom is 0.340 e. The Balaban J connectivity index is 2.04. The fourth-order valence-electron chi connectivity index (χ4n) is 3.28. The van der Waals surface area contributed by atoms with Crippen molar-refractivity contribution in [2.24, 2.45) is 0 Å². The van der Waals surface area contributed by atoms with Crippen molar-refractivity contribution in [2.75, 3.05) is 37.5 Å². The monoisotopic (exact) mass is 552 g/mol. The van der Waals surface area contributed by atoms with Gasteiger partial charge < -0.3 is 19.5 Å². The summed E-state index contributed by atoms with van der Waals surface area (Å²) in [5.74, 6) is -1.05. The standard InChI is InChI=1S/C24H22Cl2N2O7S/c1-33-21-12-17(24(30)35-3)19(13-22(21)34-2)27-23(29)14-28(20-10-9-15(25)11-18(20)26)36(31,32)16-7-5-4-6-8-16/h4-13H,14H2,1-3H3,(H,27,29). The van der Waals surface area contributed by atoms with Gasteiger partial charge in [0.15, 0.2) is 11.5 Å². The number of esters is 1. The van der Waals surface area contributed by atoms with E-state index < -0.39 is 28.4 Å². The van der Waals surface area contributed by atoms with Crippen LogP contribution in [0.2, 0.25) is 10.0 Å². The third kappa shape index (κ3) is 5.84. The van der Waals surface area contributed by atoms with Crippen molar-refractivity contribution < 1.29 is 32.2 Å². The van der Waals surface area contributed by atoms with Gasteiger partial charge in [0.25, 0.3) is 10.0 Å². The molecule has 0 atom stereocenters. The van der Waals surface area contributed by atoms with E-state index >= 15 is 0 Å². The summed E-state index contributed by atoms with van der Waals surface area (Å²) in [6, 6.07) is 14.5. The lowest BCUT2D eigenvalue weighted by Gasteiger charge is -2.25. The average molecular weight is 553 g/mol. The first kappa shape index (κ1) is 27.1. The highest BCUT2D eigenvalue weighted by atomic mass is 35.5. The number of rotatable bonds is 9. The Kier molecular flexibility index (Phi) is 8.67. The summed E-state index contributed by atoms with van der Waals surface area (Å²) >= 11 is 12.3. The number of nitrogens with one attached hydrogen (secondary N) is 1. The van der Waals surface area contributed by atoms with Crippen molar-refractivity contribution in [1.82, 2.24) is 0 Å². The van der Waals surface area contributed by atoms with E-state index in [0.29, 0.717) is 5.02 Å². The number of carbonyl (C=O) groups excluding carboxylic acids is 2. The number of methoxy groups -OCH3 is 3. The SMILES string of the molecule is COC(=O)c1cc(OC)c(OC)cc1NC(=O)CN(c1ccc(Cl)cc1Cl)S(=O)(=O)c1ccccc1. The van der Waals surface area contributed by atoms with Crippen LogP contribution in [-0.2, 0) is 19.6 Å². The van der Waals surface area contributed by atoms with Crippen molar-refractivity contribution in [3.8, 4) is 11.5 Å². The summed E-state index contributed by atoms with van der Waals surface area (Å²) in [5.41, 5.74) is 0.0508. The number of hydrogen-bond acceptors (Lipinski definition) is 7. The van der Waals surface area contributed by atoms with Crippen LogP contribution in [0.3, 0.4) is 0 Å². The molecule has 0 radical (unpaired) electrons. The number of ether oxygens (including phenoxy) is 3. The van der Waals surface area contributed by atoms with Crippen molar-refractivity contribution in [2.45, 2.75) is 4.90 Å². The molecule has 36 heavy (non-hydrogen) atoms. The van der Waals surface area contributed by atoms with Gasteiger partial charge >= 0.3 is 5.97 Å². The molecular formula is C24H22Cl2N2O7S.